The highest BCUT2D eigenvalue weighted by Gasteiger charge is 2.24. The maximum atomic E-state index is 12.6. The van der Waals surface area contributed by atoms with Gasteiger partial charge < -0.3 is 15.6 Å². The molecule has 1 amide bonds. The maximum Gasteiger partial charge on any atom is 0.256 e. The molecule has 4 aromatic rings. The molecule has 0 unspecified atom stereocenters. The Bertz CT molecular complexity index is 1420. The summed E-state index contributed by atoms with van der Waals surface area (Å²) < 4.78 is 0. The van der Waals surface area contributed by atoms with Crippen LogP contribution < -0.4 is 10.6 Å². The van der Waals surface area contributed by atoms with E-state index >= 15 is 0 Å². The number of H-pyrrole nitrogens is 1. The third-order valence-corrected chi connectivity index (χ3v) is 5.68. The number of para-hydroxylation sites is 1. The number of fused-ring (bicyclic) bond motifs is 1. The largest absolute Gasteiger partial charge is 0.362 e. The topological polar surface area (TPSA) is 86.9 Å². The third kappa shape index (κ3) is 5.28. The molecule has 3 N–H and O–H groups in total. The molecule has 0 fully saturated rings. The molecule has 1 aliphatic rings. The van der Waals surface area contributed by atoms with E-state index in [1.54, 1.807) is 6.07 Å². The van der Waals surface area contributed by atoms with E-state index in [2.05, 4.69) is 20.6 Å². The predicted molar refractivity (Wildman–Crippen MR) is 140 cm³/mol. The minimum Gasteiger partial charge on any atom is -0.362 e. The number of aromatic amines is 1. The molecule has 0 saturated carbocycles. The zero-order valence-electron chi connectivity index (χ0n) is 19.0. The number of pyridine rings is 1. The fourth-order valence-electron chi connectivity index (χ4n) is 3.94. The van der Waals surface area contributed by atoms with Crippen molar-refractivity contribution < 1.29 is 9.59 Å². The van der Waals surface area contributed by atoms with Crippen LogP contribution in [0.1, 0.15) is 40.2 Å². The van der Waals surface area contributed by atoms with E-state index < -0.39 is 0 Å². The number of rotatable bonds is 8. The van der Waals surface area contributed by atoms with Crippen molar-refractivity contribution in [1.29, 1.82) is 0 Å². The number of nitrogens with one attached hydrogen (secondary N) is 3. The van der Waals surface area contributed by atoms with Crippen LogP contribution in [0.15, 0.2) is 91.1 Å². The first kappa shape index (κ1) is 22.1. The number of carbonyl (C=O) groups excluding carboxylic acids is 2. The molecule has 0 saturated heterocycles. The molecule has 0 aliphatic carbocycles. The minimum absolute atomic E-state index is 0.00771. The van der Waals surface area contributed by atoms with Gasteiger partial charge in [0.25, 0.3) is 5.91 Å². The van der Waals surface area contributed by atoms with Crippen LogP contribution in [-0.2, 0) is 4.79 Å². The van der Waals surface area contributed by atoms with E-state index in [0.717, 1.165) is 28.2 Å². The van der Waals surface area contributed by atoms with Crippen molar-refractivity contribution in [2.24, 2.45) is 0 Å². The molecule has 1 aliphatic heterocycles. The Morgan fingerprint density at radius 2 is 1.86 bits per heavy atom. The van der Waals surface area contributed by atoms with Crippen LogP contribution in [0.5, 0.6) is 0 Å². The molecule has 2 aromatic carbocycles. The van der Waals surface area contributed by atoms with Gasteiger partial charge in [0.2, 0.25) is 0 Å². The maximum absolute atomic E-state index is 12.6. The number of benzene rings is 2. The molecule has 6 nitrogen and oxygen atoms in total. The molecule has 35 heavy (non-hydrogen) atoms. The van der Waals surface area contributed by atoms with Gasteiger partial charge >= 0.3 is 0 Å². The quantitative estimate of drug-likeness (QED) is 0.212. The molecule has 0 bridgehead atoms. The normalized spacial score (nSPS) is 13.7. The van der Waals surface area contributed by atoms with Crippen molar-refractivity contribution >= 4 is 46.6 Å². The first-order valence-electron chi connectivity index (χ1n) is 11.5. The van der Waals surface area contributed by atoms with Crippen LogP contribution in [0.3, 0.4) is 0 Å². The molecule has 0 radical (unpaired) electrons. The Kier molecular flexibility index (Phi) is 6.35. The van der Waals surface area contributed by atoms with Crippen LogP contribution in [0.25, 0.3) is 17.7 Å². The number of allylic oxidation sites excluding steroid dienone is 1. The molecule has 3 heterocycles. The number of carbonyl (C=O) groups is 2. The lowest BCUT2D eigenvalue weighted by atomic mass is 10.0. The van der Waals surface area contributed by atoms with Crippen molar-refractivity contribution in [1.82, 2.24) is 9.97 Å². The zero-order chi connectivity index (χ0) is 24.0. The van der Waals surface area contributed by atoms with E-state index in [4.69, 9.17) is 0 Å². The number of ketones is 1. The Labute approximate surface area is 203 Å². The zero-order valence-corrected chi connectivity index (χ0v) is 19.0. The molecule has 172 valence electrons. The summed E-state index contributed by atoms with van der Waals surface area (Å²) in [5.41, 5.74) is 5.52. The summed E-state index contributed by atoms with van der Waals surface area (Å²) in [6, 6.07) is 24.8. The van der Waals surface area contributed by atoms with Crippen LogP contribution >= 0.6 is 0 Å². The summed E-state index contributed by atoms with van der Waals surface area (Å²) in [4.78, 5) is 32.6. The van der Waals surface area contributed by atoms with Crippen LogP contribution in [-0.4, -0.2) is 21.7 Å². The number of hydrogen-bond donors (Lipinski definition) is 3. The smallest absolute Gasteiger partial charge is 0.256 e. The van der Waals surface area contributed by atoms with Gasteiger partial charge in [0.05, 0.1) is 5.57 Å². The molecular formula is C29H24N4O2. The fourth-order valence-corrected chi connectivity index (χ4v) is 3.94. The minimum atomic E-state index is -0.113. The second kappa shape index (κ2) is 10.1. The first-order valence-corrected chi connectivity index (χ1v) is 11.5. The lowest BCUT2D eigenvalue weighted by Crippen LogP contribution is -2.03. The van der Waals surface area contributed by atoms with E-state index in [0.29, 0.717) is 29.9 Å². The molecule has 2 aromatic heterocycles. The van der Waals surface area contributed by atoms with Crippen molar-refractivity contribution in [3.63, 3.8) is 0 Å². The second-order valence-electron chi connectivity index (χ2n) is 8.21. The highest BCUT2D eigenvalue weighted by molar-refractivity contribution is 6.34. The number of Topliss-reactive ketones (excluding diaryl/α,β-unsaturated/α-hetero) is 1. The second-order valence-corrected chi connectivity index (χ2v) is 8.21. The van der Waals surface area contributed by atoms with Gasteiger partial charge in [-0.25, -0.2) is 4.98 Å². The summed E-state index contributed by atoms with van der Waals surface area (Å²) >= 11 is 0. The van der Waals surface area contributed by atoms with E-state index in [1.807, 2.05) is 97.2 Å². The lowest BCUT2D eigenvalue weighted by molar-refractivity contribution is -0.110. The summed E-state index contributed by atoms with van der Waals surface area (Å²) in [6.07, 6.45) is 8.57. The SMILES string of the molecule is O=C1Nc2cc(/C=C/CCC(=O)c3cccc(Nc4ccccc4)n3)ccc2/C1=C/c1ccc[nH]1. The number of anilines is 3. The van der Waals surface area contributed by atoms with Gasteiger partial charge in [0, 0.05) is 35.2 Å². The predicted octanol–water partition coefficient (Wildman–Crippen LogP) is 6.32. The van der Waals surface area contributed by atoms with Gasteiger partial charge in [-0.15, -0.1) is 0 Å². The molecule has 6 heteroatoms. The third-order valence-electron chi connectivity index (χ3n) is 5.68. The van der Waals surface area contributed by atoms with Gasteiger partial charge in [0.1, 0.15) is 11.5 Å². The Morgan fingerprint density at radius 3 is 2.69 bits per heavy atom. The van der Waals surface area contributed by atoms with Crippen molar-refractivity contribution in [2.45, 2.75) is 12.8 Å². The van der Waals surface area contributed by atoms with Gasteiger partial charge in [-0.05, 0) is 60.5 Å². The van der Waals surface area contributed by atoms with Crippen LogP contribution in [0.2, 0.25) is 0 Å². The molecule has 0 atom stereocenters. The van der Waals surface area contributed by atoms with Crippen molar-refractivity contribution in [3.05, 3.63) is 114 Å². The number of amides is 1. The summed E-state index contributed by atoms with van der Waals surface area (Å²) in [7, 11) is 0. The summed E-state index contributed by atoms with van der Waals surface area (Å²) in [6.45, 7) is 0. The molecule has 5 rings (SSSR count). The highest BCUT2D eigenvalue weighted by Crippen LogP contribution is 2.34. The van der Waals surface area contributed by atoms with Crippen molar-refractivity contribution in [3.8, 4) is 0 Å². The average Bonchev–Trinajstić information content (AvgIpc) is 3.50. The standard InChI is InChI=1S/C29H24N4O2/c34-27(25-12-6-14-28(32-25)31-21-9-2-1-3-10-21)13-5-4-8-20-15-16-23-24(19-22-11-7-17-30-22)29(35)33-26(23)18-20/h1-4,6-12,14-19,30H,5,13H2,(H,31,32)(H,33,35)/b8-4+,24-19-. The van der Waals surface area contributed by atoms with Gasteiger partial charge in [-0.2, -0.15) is 0 Å². The van der Waals surface area contributed by atoms with Gasteiger partial charge in [-0.1, -0.05) is 48.6 Å². The fraction of sp³-hybridized carbons (Fsp3) is 0.0690. The van der Waals surface area contributed by atoms with E-state index in [1.165, 1.54) is 0 Å². The highest BCUT2D eigenvalue weighted by atomic mass is 16.2. The average molecular weight is 461 g/mol. The van der Waals surface area contributed by atoms with Crippen LogP contribution in [0.4, 0.5) is 17.2 Å². The van der Waals surface area contributed by atoms with Gasteiger partial charge in [-0.3, -0.25) is 9.59 Å². The lowest BCUT2D eigenvalue weighted by Gasteiger charge is -2.06. The Hall–Kier alpha value is -4.71. The Morgan fingerprint density at radius 1 is 0.971 bits per heavy atom. The number of hydrogen-bond acceptors (Lipinski definition) is 4. The molecule has 0 spiro atoms. The van der Waals surface area contributed by atoms with E-state index in [9.17, 15) is 9.59 Å². The van der Waals surface area contributed by atoms with Crippen LogP contribution in [0, 0.1) is 0 Å². The summed E-state index contributed by atoms with van der Waals surface area (Å²) in [5.74, 6) is 0.520. The summed E-state index contributed by atoms with van der Waals surface area (Å²) in [5, 5.41) is 6.14. The number of aromatic nitrogens is 2. The van der Waals surface area contributed by atoms with Crippen molar-refractivity contribution in [2.75, 3.05) is 10.6 Å². The monoisotopic (exact) mass is 460 g/mol. The van der Waals surface area contributed by atoms with Gasteiger partial charge in [0.15, 0.2) is 5.78 Å². The Balaban J connectivity index is 1.19. The first-order chi connectivity index (χ1) is 17.2. The number of nitrogens with zero attached hydrogens (tertiary/aromatic N) is 1. The molecular weight excluding hydrogens is 436 g/mol. The van der Waals surface area contributed by atoms with E-state index in [-0.39, 0.29) is 11.7 Å².